The number of carbonyl (C=O) groups is 1. The molecule has 0 unspecified atom stereocenters. The van der Waals surface area contributed by atoms with Crippen LogP contribution in [0.25, 0.3) is 42.3 Å². The third kappa shape index (κ3) is 8.82. The van der Waals surface area contributed by atoms with Gasteiger partial charge in [0.2, 0.25) is 0 Å². The summed E-state index contributed by atoms with van der Waals surface area (Å²) >= 11 is 1.79. The van der Waals surface area contributed by atoms with Crippen molar-refractivity contribution in [2.75, 3.05) is 0 Å². The Kier molecular flexibility index (Phi) is 13.9. The van der Waals surface area contributed by atoms with E-state index in [0.717, 1.165) is 52.5 Å². The van der Waals surface area contributed by atoms with Gasteiger partial charge in [-0.3, -0.25) is 9.78 Å². The molecule has 0 bridgehead atoms. The smallest absolute Gasteiger partial charge is 0.162 e. The maximum atomic E-state index is 11.7. The van der Waals surface area contributed by atoms with Crippen LogP contribution in [0.2, 0.25) is 13.1 Å². The van der Waals surface area contributed by atoms with Gasteiger partial charge in [-0.1, -0.05) is 138 Å². The molecule has 0 aliphatic carbocycles. The van der Waals surface area contributed by atoms with Gasteiger partial charge in [0.15, 0.2) is 5.78 Å². The zero-order valence-corrected chi connectivity index (χ0v) is 36.3. The molecule has 2 heterocycles. The summed E-state index contributed by atoms with van der Waals surface area (Å²) in [6.07, 6.45) is 6.62. The minimum Gasteiger partial charge on any atom is -0.512 e. The van der Waals surface area contributed by atoms with Gasteiger partial charge in [-0.15, -0.1) is 40.1 Å². The molecule has 1 N–H and O–H groups in total. The summed E-state index contributed by atoms with van der Waals surface area (Å²) < 4.78 is 2.40. The number of nitrogens with zero attached hydrogens (tertiary/aromatic N) is 2. The Balaban J connectivity index is 0.000000323. The third-order valence-electron chi connectivity index (χ3n) is 10.4. The van der Waals surface area contributed by atoms with Gasteiger partial charge in [0.05, 0.1) is 19.3 Å². The molecular weight excluding hydrogens is 853 g/mol. The molecular formula is C45H53IrN2O2SSi-. The van der Waals surface area contributed by atoms with E-state index in [0.29, 0.717) is 0 Å². The van der Waals surface area contributed by atoms with Gasteiger partial charge in [-0.2, -0.15) is 0 Å². The number of fused-ring (bicyclic) bond motifs is 4. The topological polar surface area (TPSA) is 63.1 Å². The summed E-state index contributed by atoms with van der Waals surface area (Å²) in [5, 5.41) is 16.2. The van der Waals surface area contributed by atoms with Crippen molar-refractivity contribution < 1.29 is 30.0 Å². The van der Waals surface area contributed by atoms with Gasteiger partial charge in [-0.25, -0.2) is 4.98 Å². The molecule has 7 heteroatoms. The minimum atomic E-state index is -1.97. The number of carbonyl (C=O) groups excluding carboxylic acids is 1. The molecule has 0 saturated carbocycles. The van der Waals surface area contributed by atoms with Crippen LogP contribution in [0.3, 0.4) is 0 Å². The molecule has 0 atom stereocenters. The Bertz CT molecular complexity index is 2160. The predicted octanol–water partition coefficient (Wildman–Crippen LogP) is 11.5. The molecule has 6 rings (SSSR count). The van der Waals surface area contributed by atoms with Crippen LogP contribution in [0.5, 0.6) is 0 Å². The van der Waals surface area contributed by atoms with Gasteiger partial charge >= 0.3 is 0 Å². The van der Waals surface area contributed by atoms with Crippen molar-refractivity contribution in [2.45, 2.75) is 92.7 Å². The van der Waals surface area contributed by atoms with Crippen molar-refractivity contribution in [1.29, 1.82) is 0 Å². The number of benzene rings is 4. The van der Waals surface area contributed by atoms with Crippen LogP contribution in [0.4, 0.5) is 0 Å². The first-order valence-corrected chi connectivity index (χ1v) is 22.3. The quantitative estimate of drug-likeness (QED) is 0.0644. The van der Waals surface area contributed by atoms with Crippen molar-refractivity contribution in [2.24, 2.45) is 11.8 Å². The fourth-order valence-electron chi connectivity index (χ4n) is 6.90. The van der Waals surface area contributed by atoms with E-state index in [1.165, 1.54) is 37.5 Å². The van der Waals surface area contributed by atoms with E-state index in [1.807, 2.05) is 27.7 Å². The summed E-state index contributed by atoms with van der Waals surface area (Å²) in [7, 11) is -1.97. The molecule has 0 aliphatic rings. The molecule has 4 aromatic carbocycles. The number of rotatable bonds is 10. The first-order valence-electron chi connectivity index (χ1n) is 18.5. The average Bonchev–Trinajstić information content (AvgIpc) is 3.51. The van der Waals surface area contributed by atoms with E-state index < -0.39 is 8.07 Å². The standard InChI is InChI=1S/C32H29N2SSi.C13H24O2.Ir/c1-32(2,3)23-15-16-26-27(19-23)35-31-29(33-20-34-30(26)31)22-17-21-11-9-10-14-25(21)28(18-22)36(4,5)24-12-7-6-8-13-24;1-5-10(6-2)12(14)9-13(15)11(7-3)8-4;/h6-16,18-20H,1-5H3;9-11,14H,5-8H2,1-4H3;/q-1;;/b;12-9-;. The number of hydrogen-bond donors (Lipinski definition) is 1. The summed E-state index contributed by atoms with van der Waals surface area (Å²) in [5.41, 5.74) is 4.50. The van der Waals surface area contributed by atoms with E-state index in [9.17, 15) is 9.90 Å². The Morgan fingerprint density at radius 1 is 0.846 bits per heavy atom. The Hall–Kier alpha value is -3.48. The number of aliphatic hydroxyl groups excluding tert-OH is 1. The third-order valence-corrected chi connectivity index (χ3v) is 15.1. The monoisotopic (exact) mass is 906 g/mol. The van der Waals surface area contributed by atoms with E-state index in [2.05, 4.69) is 119 Å². The minimum absolute atomic E-state index is 0. The van der Waals surface area contributed by atoms with E-state index in [-0.39, 0.29) is 48.9 Å². The molecule has 0 amide bonds. The summed E-state index contributed by atoms with van der Waals surface area (Å²) in [6.45, 7) is 19.7. The van der Waals surface area contributed by atoms with Crippen LogP contribution >= 0.6 is 11.3 Å². The fourth-order valence-corrected chi connectivity index (χ4v) is 10.8. The first kappa shape index (κ1) is 41.3. The first-order chi connectivity index (χ1) is 24.3. The summed E-state index contributed by atoms with van der Waals surface area (Å²) in [5.74, 6) is 0.547. The summed E-state index contributed by atoms with van der Waals surface area (Å²) in [6, 6.07) is 32.5. The summed E-state index contributed by atoms with van der Waals surface area (Å²) in [4.78, 5) is 21.3. The SMILES string of the molecule is CC(C)(C)c1ccc2c(c1)sc1c(-c3[c-]c4ccccc4c([Si](C)(C)c4ccccc4)c3)ncnc12.CCC(CC)C(=O)/C=C(\O)C(CC)CC.[Ir]. The molecule has 2 aromatic heterocycles. The second-order valence-corrected chi connectivity index (χ2v) is 20.5. The van der Waals surface area contributed by atoms with E-state index in [4.69, 9.17) is 9.97 Å². The van der Waals surface area contributed by atoms with Crippen molar-refractivity contribution in [3.63, 3.8) is 0 Å². The van der Waals surface area contributed by atoms with Crippen molar-refractivity contribution in [3.05, 3.63) is 109 Å². The average molecular weight is 906 g/mol. The second-order valence-electron chi connectivity index (χ2n) is 15.1. The molecule has 0 spiro atoms. The Morgan fingerprint density at radius 3 is 2.12 bits per heavy atom. The molecule has 52 heavy (non-hydrogen) atoms. The van der Waals surface area contributed by atoms with Crippen molar-refractivity contribution in [3.8, 4) is 11.3 Å². The molecule has 1 radical (unpaired) electrons. The number of hydrogen-bond acceptors (Lipinski definition) is 5. The van der Waals surface area contributed by atoms with E-state index >= 15 is 0 Å². The van der Waals surface area contributed by atoms with Crippen molar-refractivity contribution >= 4 is 66.6 Å². The van der Waals surface area contributed by atoms with Crippen molar-refractivity contribution in [1.82, 2.24) is 9.97 Å². The molecule has 275 valence electrons. The molecule has 0 aliphatic heterocycles. The van der Waals surface area contributed by atoms with Crippen LogP contribution in [0, 0.1) is 17.9 Å². The number of thiophene rings is 1. The molecule has 4 nitrogen and oxygen atoms in total. The number of allylic oxidation sites excluding steroid dienone is 2. The second kappa shape index (κ2) is 17.6. The maximum absolute atomic E-state index is 11.7. The number of aromatic nitrogens is 2. The van der Waals surface area contributed by atoms with Gasteiger partial charge in [-0.05, 0) is 42.7 Å². The zero-order chi connectivity index (χ0) is 36.9. The maximum Gasteiger partial charge on any atom is 0.162 e. The van der Waals surface area contributed by atoms with Gasteiger partial charge in [0, 0.05) is 58.5 Å². The van der Waals surface area contributed by atoms with Crippen LogP contribution in [0.1, 0.15) is 79.7 Å². The van der Waals surface area contributed by atoms with Crippen LogP contribution in [0.15, 0.2) is 97.0 Å². The Morgan fingerprint density at radius 2 is 1.48 bits per heavy atom. The van der Waals surface area contributed by atoms with E-state index in [1.54, 1.807) is 17.7 Å². The van der Waals surface area contributed by atoms with Crippen LogP contribution in [-0.2, 0) is 30.3 Å². The van der Waals surface area contributed by atoms with Gasteiger partial charge in [0.1, 0.15) is 6.33 Å². The number of aliphatic hydroxyl groups is 1. The molecule has 0 fully saturated rings. The largest absolute Gasteiger partial charge is 0.512 e. The molecule has 6 aromatic rings. The van der Waals surface area contributed by atoms with Gasteiger partial charge < -0.3 is 5.11 Å². The van der Waals surface area contributed by atoms with Gasteiger partial charge in [0.25, 0.3) is 0 Å². The molecule has 0 saturated heterocycles. The normalized spacial score (nSPS) is 12.3. The predicted molar refractivity (Wildman–Crippen MR) is 222 cm³/mol. The number of ketones is 1. The zero-order valence-electron chi connectivity index (χ0n) is 32.1. The van der Waals surface area contributed by atoms with Crippen LogP contribution < -0.4 is 10.4 Å². The fraction of sp³-hybridized carbons (Fsp3) is 0.356. The Labute approximate surface area is 329 Å². The van der Waals surface area contributed by atoms with Crippen LogP contribution in [-0.4, -0.2) is 28.9 Å².